The van der Waals surface area contributed by atoms with E-state index in [1.165, 1.54) is 6.92 Å². The van der Waals surface area contributed by atoms with Gasteiger partial charge in [-0.25, -0.2) is 5.84 Å². The van der Waals surface area contributed by atoms with Crippen LogP contribution in [0.4, 0.5) is 0 Å². The normalized spacial score (nSPS) is 13.0. The molecule has 0 saturated carbocycles. The van der Waals surface area contributed by atoms with E-state index >= 15 is 0 Å². The lowest BCUT2D eigenvalue weighted by Crippen LogP contribution is -2.55. The van der Waals surface area contributed by atoms with E-state index in [9.17, 15) is 14.4 Å². The standard InChI is InChI=1S/C18H26N6O3/c1-11(25)22-16(9-12-10-21-14-6-3-2-5-13(12)14)17(26)23-15(7-4-8-19)18(27)24-20/h2-3,5-6,10,15-16,21H,4,7-9,19-20H2,1H3,(H,22,25)(H,23,26)(H,24,27). The lowest BCUT2D eigenvalue weighted by molar-refractivity contribution is -0.131. The molecular formula is C18H26N6O3. The summed E-state index contributed by atoms with van der Waals surface area (Å²) in [6.45, 7) is 1.72. The molecule has 2 unspecified atom stereocenters. The van der Waals surface area contributed by atoms with Crippen LogP contribution >= 0.6 is 0 Å². The number of aromatic nitrogens is 1. The Balaban J connectivity index is 2.17. The number of benzene rings is 1. The number of H-pyrrole nitrogens is 1. The number of carbonyl (C=O) groups excluding carboxylic acids is 3. The van der Waals surface area contributed by atoms with Crippen molar-refractivity contribution < 1.29 is 14.4 Å². The topological polar surface area (TPSA) is 155 Å². The minimum Gasteiger partial charge on any atom is -0.361 e. The molecule has 0 spiro atoms. The molecule has 8 N–H and O–H groups in total. The zero-order chi connectivity index (χ0) is 19.8. The Labute approximate surface area is 157 Å². The number of aromatic amines is 1. The number of para-hydroxylation sites is 1. The fourth-order valence-electron chi connectivity index (χ4n) is 2.94. The van der Waals surface area contributed by atoms with Crippen LogP contribution in [0, 0.1) is 0 Å². The highest BCUT2D eigenvalue weighted by Gasteiger charge is 2.26. The number of hydrazine groups is 1. The second-order valence-corrected chi connectivity index (χ2v) is 6.32. The summed E-state index contributed by atoms with van der Waals surface area (Å²) in [5.74, 6) is 3.89. The first-order valence-electron chi connectivity index (χ1n) is 8.79. The SMILES string of the molecule is CC(=O)NC(Cc1c[nH]c2ccccc12)C(=O)NC(CCCN)C(=O)NN. The number of nitrogens with two attached hydrogens (primary N) is 2. The molecule has 9 heteroatoms. The maximum absolute atomic E-state index is 12.7. The Bertz CT molecular complexity index is 803. The van der Waals surface area contributed by atoms with Gasteiger partial charge in [-0.2, -0.15) is 0 Å². The summed E-state index contributed by atoms with van der Waals surface area (Å²) < 4.78 is 0. The first kappa shape index (κ1) is 20.4. The molecule has 1 aromatic carbocycles. The third kappa shape index (κ3) is 5.53. The van der Waals surface area contributed by atoms with Crippen molar-refractivity contribution in [3.8, 4) is 0 Å². The highest BCUT2D eigenvalue weighted by molar-refractivity contribution is 5.92. The number of nitrogens with one attached hydrogen (secondary N) is 4. The van der Waals surface area contributed by atoms with E-state index in [-0.39, 0.29) is 12.3 Å². The molecular weight excluding hydrogens is 348 g/mol. The average molecular weight is 374 g/mol. The van der Waals surface area contributed by atoms with Gasteiger partial charge in [0, 0.05) is 30.4 Å². The predicted octanol–water partition coefficient (Wildman–Crippen LogP) is -0.571. The van der Waals surface area contributed by atoms with Crippen molar-refractivity contribution in [1.82, 2.24) is 21.0 Å². The number of hydrogen-bond acceptors (Lipinski definition) is 5. The zero-order valence-corrected chi connectivity index (χ0v) is 15.2. The first-order chi connectivity index (χ1) is 13.0. The number of rotatable bonds is 9. The van der Waals surface area contributed by atoms with Crippen LogP contribution < -0.4 is 27.6 Å². The van der Waals surface area contributed by atoms with Crippen molar-refractivity contribution in [3.63, 3.8) is 0 Å². The Morgan fingerprint density at radius 1 is 1.11 bits per heavy atom. The van der Waals surface area contributed by atoms with Gasteiger partial charge >= 0.3 is 0 Å². The van der Waals surface area contributed by atoms with Gasteiger partial charge in [0.15, 0.2) is 0 Å². The van der Waals surface area contributed by atoms with Crippen LogP contribution in [-0.4, -0.2) is 41.3 Å². The summed E-state index contributed by atoms with van der Waals surface area (Å²) in [7, 11) is 0. The third-order valence-corrected chi connectivity index (χ3v) is 4.27. The molecule has 1 aromatic heterocycles. The molecule has 0 radical (unpaired) electrons. The number of hydrogen-bond donors (Lipinski definition) is 6. The average Bonchev–Trinajstić information content (AvgIpc) is 3.06. The third-order valence-electron chi connectivity index (χ3n) is 4.27. The molecule has 1 heterocycles. The smallest absolute Gasteiger partial charge is 0.256 e. The predicted molar refractivity (Wildman–Crippen MR) is 102 cm³/mol. The summed E-state index contributed by atoms with van der Waals surface area (Å²) in [5, 5.41) is 6.28. The van der Waals surface area contributed by atoms with Crippen LogP contribution in [0.5, 0.6) is 0 Å². The largest absolute Gasteiger partial charge is 0.361 e. The first-order valence-corrected chi connectivity index (χ1v) is 8.79. The van der Waals surface area contributed by atoms with Crippen molar-refractivity contribution in [2.24, 2.45) is 11.6 Å². The maximum Gasteiger partial charge on any atom is 0.256 e. The summed E-state index contributed by atoms with van der Waals surface area (Å²) in [6.07, 6.45) is 2.99. The summed E-state index contributed by atoms with van der Waals surface area (Å²) >= 11 is 0. The summed E-state index contributed by atoms with van der Waals surface area (Å²) in [5.41, 5.74) is 9.36. The van der Waals surface area contributed by atoms with E-state index in [1.54, 1.807) is 0 Å². The van der Waals surface area contributed by atoms with Crippen LogP contribution in [0.15, 0.2) is 30.5 Å². The van der Waals surface area contributed by atoms with Gasteiger partial charge in [0.25, 0.3) is 5.91 Å². The fraction of sp³-hybridized carbons (Fsp3) is 0.389. The quantitative estimate of drug-likeness (QED) is 0.197. The lowest BCUT2D eigenvalue weighted by Gasteiger charge is -2.22. The molecule has 2 aromatic rings. The van der Waals surface area contributed by atoms with Crippen LogP contribution in [-0.2, 0) is 20.8 Å². The maximum atomic E-state index is 12.7. The van der Waals surface area contributed by atoms with Gasteiger partial charge in [0.05, 0.1) is 0 Å². The van der Waals surface area contributed by atoms with Gasteiger partial charge in [-0.1, -0.05) is 18.2 Å². The van der Waals surface area contributed by atoms with Crippen molar-refractivity contribution in [2.75, 3.05) is 6.54 Å². The Morgan fingerprint density at radius 3 is 2.52 bits per heavy atom. The van der Waals surface area contributed by atoms with E-state index < -0.39 is 23.9 Å². The Morgan fingerprint density at radius 2 is 1.85 bits per heavy atom. The van der Waals surface area contributed by atoms with E-state index in [0.29, 0.717) is 19.4 Å². The molecule has 0 fully saturated rings. The fourth-order valence-corrected chi connectivity index (χ4v) is 2.94. The Hall–Kier alpha value is -2.91. The van der Waals surface area contributed by atoms with Crippen LogP contribution in [0.2, 0.25) is 0 Å². The molecule has 146 valence electrons. The van der Waals surface area contributed by atoms with Crippen LogP contribution in [0.25, 0.3) is 10.9 Å². The molecule has 0 aliphatic carbocycles. The van der Waals surface area contributed by atoms with Crippen molar-refractivity contribution in [2.45, 2.75) is 38.3 Å². The van der Waals surface area contributed by atoms with Crippen molar-refractivity contribution >= 4 is 28.6 Å². The van der Waals surface area contributed by atoms with E-state index in [2.05, 4.69) is 15.6 Å². The number of amides is 3. The van der Waals surface area contributed by atoms with Gasteiger partial charge in [0.1, 0.15) is 12.1 Å². The minimum absolute atomic E-state index is 0.281. The van der Waals surface area contributed by atoms with Gasteiger partial charge < -0.3 is 21.4 Å². The van der Waals surface area contributed by atoms with Crippen LogP contribution in [0.1, 0.15) is 25.3 Å². The second-order valence-electron chi connectivity index (χ2n) is 6.32. The zero-order valence-electron chi connectivity index (χ0n) is 15.2. The number of fused-ring (bicyclic) bond motifs is 1. The van der Waals surface area contributed by atoms with E-state index in [4.69, 9.17) is 11.6 Å². The highest BCUT2D eigenvalue weighted by Crippen LogP contribution is 2.19. The van der Waals surface area contributed by atoms with E-state index in [0.717, 1.165) is 16.5 Å². The molecule has 2 rings (SSSR count). The number of carbonyl (C=O) groups is 3. The molecule has 0 saturated heterocycles. The lowest BCUT2D eigenvalue weighted by atomic mass is 10.0. The van der Waals surface area contributed by atoms with Crippen LogP contribution in [0.3, 0.4) is 0 Å². The minimum atomic E-state index is -0.826. The molecule has 0 aliphatic heterocycles. The van der Waals surface area contributed by atoms with Crippen molar-refractivity contribution in [3.05, 3.63) is 36.0 Å². The van der Waals surface area contributed by atoms with Gasteiger partial charge in [-0.15, -0.1) is 0 Å². The summed E-state index contributed by atoms with van der Waals surface area (Å²) in [6, 6.07) is 6.05. The molecule has 9 nitrogen and oxygen atoms in total. The molecule has 0 aliphatic rings. The van der Waals surface area contributed by atoms with Gasteiger partial charge in [-0.05, 0) is 31.0 Å². The highest BCUT2D eigenvalue weighted by atomic mass is 16.2. The molecule has 3 amide bonds. The monoisotopic (exact) mass is 374 g/mol. The molecule has 0 bridgehead atoms. The van der Waals surface area contributed by atoms with Gasteiger partial charge in [-0.3, -0.25) is 19.8 Å². The summed E-state index contributed by atoms with van der Waals surface area (Å²) in [4.78, 5) is 39.4. The Kier molecular flexibility index (Phi) is 7.33. The van der Waals surface area contributed by atoms with Crippen molar-refractivity contribution in [1.29, 1.82) is 0 Å². The van der Waals surface area contributed by atoms with E-state index in [1.807, 2.05) is 35.9 Å². The van der Waals surface area contributed by atoms with Gasteiger partial charge in [0.2, 0.25) is 11.8 Å². The molecule has 27 heavy (non-hydrogen) atoms. The molecule has 2 atom stereocenters. The second kappa shape index (κ2) is 9.70.